The van der Waals surface area contributed by atoms with Crippen LogP contribution in [0.1, 0.15) is 17.7 Å². The van der Waals surface area contributed by atoms with E-state index in [4.69, 9.17) is 5.26 Å². The number of hydrogen-bond acceptors (Lipinski definition) is 4. The summed E-state index contributed by atoms with van der Waals surface area (Å²) in [5.74, 6) is 0. The molecule has 0 aliphatic carbocycles. The molecule has 1 aromatic heterocycles. The van der Waals surface area contributed by atoms with Gasteiger partial charge >= 0.3 is 0 Å². The van der Waals surface area contributed by atoms with Gasteiger partial charge in [-0.05, 0) is 0 Å². The van der Waals surface area contributed by atoms with Crippen molar-refractivity contribution in [1.82, 2.24) is 4.98 Å². The third-order valence-corrected chi connectivity index (χ3v) is 1.47. The molecule has 0 saturated carbocycles. The van der Waals surface area contributed by atoms with Gasteiger partial charge in [-0.1, -0.05) is 0 Å². The van der Waals surface area contributed by atoms with E-state index in [1.54, 1.807) is 0 Å². The summed E-state index contributed by atoms with van der Waals surface area (Å²) in [6.45, 7) is 0. The molecule has 0 bridgehead atoms. The number of halogens is 2. The van der Waals surface area contributed by atoms with Gasteiger partial charge < -0.3 is 0 Å². The van der Waals surface area contributed by atoms with E-state index in [1.807, 2.05) is 0 Å². The van der Waals surface area contributed by atoms with Crippen LogP contribution in [-0.4, -0.2) is 9.91 Å². The summed E-state index contributed by atoms with van der Waals surface area (Å²) in [5.41, 5.74) is -2.20. The van der Waals surface area contributed by atoms with Crippen molar-refractivity contribution in [2.75, 3.05) is 0 Å². The number of pyridine rings is 1. The van der Waals surface area contributed by atoms with E-state index in [9.17, 15) is 18.9 Å². The van der Waals surface area contributed by atoms with Gasteiger partial charge in [-0.15, -0.1) is 0 Å². The summed E-state index contributed by atoms with van der Waals surface area (Å²) in [6.07, 6.45) is -2.12. The number of aromatic nitrogens is 1. The lowest BCUT2D eigenvalue weighted by Crippen LogP contribution is -2.00. The second-order valence-electron chi connectivity index (χ2n) is 2.26. The van der Waals surface area contributed by atoms with E-state index in [2.05, 4.69) is 4.98 Å². The van der Waals surface area contributed by atoms with Crippen LogP contribution in [0.3, 0.4) is 0 Å². The minimum Gasteiger partial charge on any atom is -0.258 e. The molecule has 5 nitrogen and oxygen atoms in total. The van der Waals surface area contributed by atoms with Crippen LogP contribution in [0.4, 0.5) is 14.5 Å². The number of alkyl halides is 2. The summed E-state index contributed by atoms with van der Waals surface area (Å²) in [5, 5.41) is 18.8. The molecule has 0 fully saturated rings. The second-order valence-corrected chi connectivity index (χ2v) is 2.26. The first-order valence-electron chi connectivity index (χ1n) is 3.39. The Morgan fingerprint density at radius 1 is 1.64 bits per heavy atom. The van der Waals surface area contributed by atoms with E-state index >= 15 is 0 Å². The Hall–Kier alpha value is -2.10. The fourth-order valence-electron chi connectivity index (χ4n) is 0.899. The van der Waals surface area contributed by atoms with Crippen molar-refractivity contribution in [2.24, 2.45) is 0 Å². The Morgan fingerprint density at radius 2 is 2.29 bits per heavy atom. The molecular weight excluding hydrogens is 196 g/mol. The lowest BCUT2D eigenvalue weighted by Gasteiger charge is -2.00. The van der Waals surface area contributed by atoms with Crippen LogP contribution in [0, 0.1) is 21.4 Å². The van der Waals surface area contributed by atoms with E-state index in [0.29, 0.717) is 0 Å². The molecule has 7 heteroatoms. The van der Waals surface area contributed by atoms with Crippen molar-refractivity contribution in [3.8, 4) is 6.07 Å². The maximum absolute atomic E-state index is 12.2. The number of nitriles is 1. The Labute approximate surface area is 76.8 Å². The first kappa shape index (κ1) is 9.98. The van der Waals surface area contributed by atoms with Crippen molar-refractivity contribution >= 4 is 5.69 Å². The molecule has 1 aromatic rings. The van der Waals surface area contributed by atoms with Gasteiger partial charge in [-0.2, -0.15) is 5.26 Å². The fourth-order valence-corrected chi connectivity index (χ4v) is 0.899. The quantitative estimate of drug-likeness (QED) is 0.537. The van der Waals surface area contributed by atoms with Gasteiger partial charge in [0, 0.05) is 12.3 Å². The van der Waals surface area contributed by atoms with Crippen molar-refractivity contribution in [1.29, 1.82) is 5.26 Å². The van der Waals surface area contributed by atoms with Crippen LogP contribution in [0.15, 0.2) is 12.3 Å². The zero-order valence-electron chi connectivity index (χ0n) is 6.65. The van der Waals surface area contributed by atoms with Gasteiger partial charge in [0.25, 0.3) is 12.1 Å². The predicted octanol–water partition coefficient (Wildman–Crippen LogP) is 1.80. The maximum Gasteiger partial charge on any atom is 0.290 e. The number of hydrogen-bond donors (Lipinski definition) is 0. The molecule has 1 rings (SSSR count). The number of nitro groups is 1. The van der Waals surface area contributed by atoms with E-state index < -0.39 is 28.3 Å². The van der Waals surface area contributed by atoms with Crippen molar-refractivity contribution in [3.63, 3.8) is 0 Å². The summed E-state index contributed by atoms with van der Waals surface area (Å²) >= 11 is 0. The topological polar surface area (TPSA) is 79.8 Å². The van der Waals surface area contributed by atoms with E-state index in [0.717, 1.165) is 12.3 Å². The van der Waals surface area contributed by atoms with Crippen LogP contribution >= 0.6 is 0 Å². The highest BCUT2D eigenvalue weighted by molar-refractivity contribution is 5.50. The molecule has 0 aromatic carbocycles. The second kappa shape index (κ2) is 3.74. The Balaban J connectivity index is 3.42. The Bertz CT molecular complexity index is 414. The summed E-state index contributed by atoms with van der Waals surface area (Å²) in [6, 6.07) is 2.25. The minimum atomic E-state index is -3.00. The Kier molecular flexibility index (Phi) is 2.67. The van der Waals surface area contributed by atoms with Crippen molar-refractivity contribution in [2.45, 2.75) is 6.43 Å². The molecule has 0 amide bonds. The van der Waals surface area contributed by atoms with Gasteiger partial charge in [0.1, 0.15) is 11.8 Å². The molecule has 72 valence electrons. The standard InChI is InChI=1S/C7H3F2N3O2/c8-7(9)6-4(3-10)5(12(13)14)1-2-11-6/h1-2,7H. The first-order chi connectivity index (χ1) is 6.57. The molecule has 0 atom stereocenters. The molecule has 0 spiro atoms. The maximum atomic E-state index is 12.2. The zero-order chi connectivity index (χ0) is 10.7. The number of nitrogens with zero attached hydrogens (tertiary/aromatic N) is 3. The minimum absolute atomic E-state index is 0.655. The van der Waals surface area contributed by atoms with Crippen molar-refractivity contribution in [3.05, 3.63) is 33.6 Å². The summed E-state index contributed by atoms with van der Waals surface area (Å²) in [7, 11) is 0. The molecular formula is C7H3F2N3O2. The molecule has 1 heterocycles. The highest BCUT2D eigenvalue weighted by atomic mass is 19.3. The van der Waals surface area contributed by atoms with Gasteiger partial charge in [0.2, 0.25) is 0 Å². The van der Waals surface area contributed by atoms with Crippen LogP contribution in [0.2, 0.25) is 0 Å². The lowest BCUT2D eigenvalue weighted by atomic mass is 10.2. The summed E-state index contributed by atoms with van der Waals surface area (Å²) in [4.78, 5) is 12.7. The SMILES string of the molecule is N#Cc1c([N+](=O)[O-])ccnc1C(F)F. The monoisotopic (exact) mass is 199 g/mol. The molecule has 0 aliphatic heterocycles. The third-order valence-electron chi connectivity index (χ3n) is 1.47. The largest absolute Gasteiger partial charge is 0.290 e. The zero-order valence-corrected chi connectivity index (χ0v) is 6.65. The summed E-state index contributed by atoms with van der Waals surface area (Å²) < 4.78 is 24.4. The highest BCUT2D eigenvalue weighted by Gasteiger charge is 2.23. The average molecular weight is 199 g/mol. The van der Waals surface area contributed by atoms with Crippen LogP contribution < -0.4 is 0 Å². The molecule has 0 aliphatic rings. The predicted molar refractivity (Wildman–Crippen MR) is 40.6 cm³/mol. The van der Waals surface area contributed by atoms with Crippen LogP contribution in [0.5, 0.6) is 0 Å². The van der Waals surface area contributed by atoms with E-state index in [-0.39, 0.29) is 0 Å². The normalized spacial score (nSPS) is 9.86. The van der Waals surface area contributed by atoms with Gasteiger partial charge in [0.05, 0.1) is 4.92 Å². The van der Waals surface area contributed by atoms with E-state index in [1.165, 1.54) is 6.07 Å². The molecule has 0 radical (unpaired) electrons. The van der Waals surface area contributed by atoms with Gasteiger partial charge in [0.15, 0.2) is 5.56 Å². The molecule has 0 N–H and O–H groups in total. The smallest absolute Gasteiger partial charge is 0.258 e. The lowest BCUT2D eigenvalue weighted by molar-refractivity contribution is -0.385. The van der Waals surface area contributed by atoms with Gasteiger partial charge in [-0.3, -0.25) is 15.1 Å². The van der Waals surface area contributed by atoms with Crippen LogP contribution in [0.25, 0.3) is 0 Å². The highest BCUT2D eigenvalue weighted by Crippen LogP contribution is 2.26. The third kappa shape index (κ3) is 1.64. The van der Waals surface area contributed by atoms with Crippen molar-refractivity contribution < 1.29 is 13.7 Å². The average Bonchev–Trinajstić information content (AvgIpc) is 2.16. The molecule has 0 saturated heterocycles. The van der Waals surface area contributed by atoms with Crippen LogP contribution in [-0.2, 0) is 0 Å². The van der Waals surface area contributed by atoms with Gasteiger partial charge in [-0.25, -0.2) is 8.78 Å². The molecule has 14 heavy (non-hydrogen) atoms. The first-order valence-corrected chi connectivity index (χ1v) is 3.39. The Morgan fingerprint density at radius 3 is 2.71 bits per heavy atom. The molecule has 0 unspecified atom stereocenters. The number of rotatable bonds is 2. The fraction of sp³-hybridized carbons (Fsp3) is 0.143.